The molecule has 0 aliphatic carbocycles. The van der Waals surface area contributed by atoms with Gasteiger partial charge in [-0.05, 0) is 0 Å². The second-order valence-corrected chi connectivity index (χ2v) is 2.27. The Kier molecular flexibility index (Phi) is 8.86. The molecule has 0 aromatic carbocycles. The van der Waals surface area contributed by atoms with E-state index in [0.717, 1.165) is 0 Å². The topological polar surface area (TPSA) is 73.2 Å². The van der Waals surface area contributed by atoms with Crippen molar-refractivity contribution in [1.82, 2.24) is 4.90 Å². The second-order valence-electron chi connectivity index (χ2n) is 2.27. The predicted octanol–water partition coefficient (Wildman–Crippen LogP) is -2.18. The summed E-state index contributed by atoms with van der Waals surface area (Å²) in [4.78, 5) is 1.84. The van der Waals surface area contributed by atoms with E-state index in [4.69, 9.17) is 15.2 Å². The normalized spacial score (nSPS) is 10.7. The summed E-state index contributed by atoms with van der Waals surface area (Å²) in [5.74, 6) is 0. The first-order valence-corrected chi connectivity index (χ1v) is 3.86. The van der Waals surface area contributed by atoms with Crippen LogP contribution in [0.5, 0.6) is 0 Å². The molecule has 71 valence electrons. The Morgan fingerprint density at radius 2 is 1.67 bits per heavy atom. The van der Waals surface area contributed by atoms with Crippen LogP contribution in [0.25, 0.3) is 0 Å². The van der Waals surface area contributed by atoms with Gasteiger partial charge in [0.25, 0.3) is 0 Å². The first-order chi connectivity index (χ1) is 5.85. The minimum absolute atomic E-state index is 0.0584. The minimum Gasteiger partial charge on any atom is -0.429 e. The van der Waals surface area contributed by atoms with Gasteiger partial charge in [-0.2, -0.15) is 0 Å². The van der Waals surface area contributed by atoms with Crippen LogP contribution < -0.4 is 0 Å². The van der Waals surface area contributed by atoms with Crippen LogP contribution in [0.15, 0.2) is 0 Å². The van der Waals surface area contributed by atoms with Gasteiger partial charge >= 0.3 is 7.69 Å². The maximum atomic E-state index is 8.60. The van der Waals surface area contributed by atoms with E-state index in [1.807, 2.05) is 4.90 Å². The zero-order valence-corrected chi connectivity index (χ0v) is 7.02. The van der Waals surface area contributed by atoms with Crippen LogP contribution in [-0.4, -0.2) is 67.3 Å². The SMILES string of the molecule is O[B]OCCN(CCO)CCO. The fourth-order valence-corrected chi connectivity index (χ4v) is 0.853. The Hall–Kier alpha value is -0.135. The van der Waals surface area contributed by atoms with Crippen molar-refractivity contribution >= 4 is 7.69 Å². The fourth-order valence-electron chi connectivity index (χ4n) is 0.853. The molecule has 3 N–H and O–H groups in total. The van der Waals surface area contributed by atoms with Gasteiger partial charge in [-0.3, -0.25) is 4.90 Å². The lowest BCUT2D eigenvalue weighted by atomic mass is 10.4. The highest BCUT2D eigenvalue weighted by Gasteiger charge is 2.02. The van der Waals surface area contributed by atoms with Crippen LogP contribution in [0.2, 0.25) is 0 Å². The Labute approximate surface area is 72.9 Å². The van der Waals surface area contributed by atoms with Gasteiger partial charge in [-0.15, -0.1) is 0 Å². The van der Waals surface area contributed by atoms with Crippen molar-refractivity contribution in [3.05, 3.63) is 0 Å². The van der Waals surface area contributed by atoms with Crippen molar-refractivity contribution in [1.29, 1.82) is 0 Å². The van der Waals surface area contributed by atoms with Gasteiger partial charge in [0.15, 0.2) is 0 Å². The molecule has 0 spiro atoms. The maximum Gasteiger partial charge on any atom is 0.485 e. The van der Waals surface area contributed by atoms with Crippen molar-refractivity contribution in [2.24, 2.45) is 0 Å². The number of rotatable bonds is 8. The third-order valence-corrected chi connectivity index (χ3v) is 1.43. The third kappa shape index (κ3) is 6.57. The highest BCUT2D eigenvalue weighted by atomic mass is 16.5. The smallest absolute Gasteiger partial charge is 0.429 e. The Bertz CT molecular complexity index is 89.6. The van der Waals surface area contributed by atoms with E-state index < -0.39 is 0 Å². The predicted molar refractivity (Wildman–Crippen MR) is 44.5 cm³/mol. The summed E-state index contributed by atoms with van der Waals surface area (Å²) in [6, 6.07) is 0. The first kappa shape index (κ1) is 11.9. The lowest BCUT2D eigenvalue weighted by Crippen LogP contribution is -2.33. The monoisotopic (exact) mass is 176 g/mol. The lowest BCUT2D eigenvalue weighted by molar-refractivity contribution is 0.139. The standard InChI is InChI=1S/C6H15BNO4/c9-4-1-8(2-5-10)3-6-12-7-11/h9-11H,1-6H2. The molecular weight excluding hydrogens is 161 g/mol. The van der Waals surface area contributed by atoms with E-state index in [1.165, 1.54) is 0 Å². The molecule has 0 saturated carbocycles. The van der Waals surface area contributed by atoms with E-state index >= 15 is 0 Å². The Balaban J connectivity index is 3.34. The van der Waals surface area contributed by atoms with Crippen LogP contribution in [0.3, 0.4) is 0 Å². The molecule has 6 heteroatoms. The zero-order valence-electron chi connectivity index (χ0n) is 7.02. The molecule has 0 atom stereocenters. The van der Waals surface area contributed by atoms with Crippen molar-refractivity contribution in [2.75, 3.05) is 39.5 Å². The van der Waals surface area contributed by atoms with Crippen molar-refractivity contribution in [3.63, 3.8) is 0 Å². The molecular formula is C6H15BNO4. The average molecular weight is 176 g/mol. The zero-order chi connectivity index (χ0) is 9.23. The summed E-state index contributed by atoms with van der Waals surface area (Å²) in [5, 5.41) is 25.4. The molecule has 1 radical (unpaired) electrons. The van der Waals surface area contributed by atoms with Gasteiger partial charge in [-0.1, -0.05) is 0 Å². The van der Waals surface area contributed by atoms with Gasteiger partial charge in [0.05, 0.1) is 13.2 Å². The molecule has 12 heavy (non-hydrogen) atoms. The Morgan fingerprint density at radius 3 is 2.08 bits per heavy atom. The number of aliphatic hydroxyl groups is 2. The maximum absolute atomic E-state index is 8.60. The molecule has 0 saturated heterocycles. The number of hydrogen-bond donors (Lipinski definition) is 3. The molecule has 0 heterocycles. The van der Waals surface area contributed by atoms with Crippen molar-refractivity contribution in [3.8, 4) is 0 Å². The highest BCUT2D eigenvalue weighted by Crippen LogP contribution is 1.86. The molecule has 0 unspecified atom stereocenters. The van der Waals surface area contributed by atoms with Gasteiger partial charge in [0, 0.05) is 26.2 Å². The molecule has 0 aliphatic heterocycles. The fraction of sp³-hybridized carbons (Fsp3) is 1.00. The summed E-state index contributed by atoms with van der Waals surface area (Å²) < 4.78 is 4.58. The van der Waals surface area contributed by atoms with E-state index in [-0.39, 0.29) is 13.2 Å². The molecule has 0 aliphatic rings. The number of aliphatic hydroxyl groups excluding tert-OH is 2. The molecule has 0 aromatic rings. The van der Waals surface area contributed by atoms with Gasteiger partial charge < -0.3 is 19.9 Å². The van der Waals surface area contributed by atoms with Crippen molar-refractivity contribution < 1.29 is 19.9 Å². The van der Waals surface area contributed by atoms with Crippen LogP contribution in [0.4, 0.5) is 0 Å². The van der Waals surface area contributed by atoms with Gasteiger partial charge in [0.1, 0.15) is 0 Å². The molecule has 0 amide bonds. The van der Waals surface area contributed by atoms with Crippen LogP contribution >= 0.6 is 0 Å². The number of nitrogens with zero attached hydrogens (tertiary/aromatic N) is 1. The summed E-state index contributed by atoms with van der Waals surface area (Å²) in [6.07, 6.45) is 0. The average Bonchev–Trinajstić information content (AvgIpc) is 2.06. The summed E-state index contributed by atoms with van der Waals surface area (Å²) in [7, 11) is 0.635. The summed E-state index contributed by atoms with van der Waals surface area (Å²) in [6.45, 7) is 2.07. The Morgan fingerprint density at radius 1 is 1.08 bits per heavy atom. The van der Waals surface area contributed by atoms with Gasteiger partial charge in [0.2, 0.25) is 0 Å². The molecule has 0 bridgehead atoms. The van der Waals surface area contributed by atoms with Crippen molar-refractivity contribution in [2.45, 2.75) is 0 Å². The van der Waals surface area contributed by atoms with Crippen LogP contribution in [0, 0.1) is 0 Å². The molecule has 5 nitrogen and oxygen atoms in total. The highest BCUT2D eigenvalue weighted by molar-refractivity contribution is 6.15. The third-order valence-electron chi connectivity index (χ3n) is 1.43. The minimum atomic E-state index is 0.0584. The number of hydrogen-bond acceptors (Lipinski definition) is 5. The largest absolute Gasteiger partial charge is 0.485 e. The quantitative estimate of drug-likeness (QED) is 0.289. The lowest BCUT2D eigenvalue weighted by Gasteiger charge is -2.19. The first-order valence-electron chi connectivity index (χ1n) is 3.86. The second kappa shape index (κ2) is 8.96. The van der Waals surface area contributed by atoms with E-state index in [0.29, 0.717) is 33.9 Å². The van der Waals surface area contributed by atoms with Crippen LogP contribution in [-0.2, 0) is 4.65 Å². The molecule has 0 fully saturated rings. The van der Waals surface area contributed by atoms with E-state index in [2.05, 4.69) is 4.65 Å². The van der Waals surface area contributed by atoms with Crippen LogP contribution in [0.1, 0.15) is 0 Å². The van der Waals surface area contributed by atoms with E-state index in [1.54, 1.807) is 0 Å². The van der Waals surface area contributed by atoms with Gasteiger partial charge in [-0.25, -0.2) is 0 Å². The molecule has 0 rings (SSSR count). The summed E-state index contributed by atoms with van der Waals surface area (Å²) in [5.41, 5.74) is 0. The molecule has 0 aromatic heterocycles. The summed E-state index contributed by atoms with van der Waals surface area (Å²) >= 11 is 0. The van der Waals surface area contributed by atoms with E-state index in [9.17, 15) is 0 Å².